The van der Waals surface area contributed by atoms with Crippen LogP contribution in [0.5, 0.6) is 5.75 Å². The monoisotopic (exact) mass is 329 g/mol. The highest BCUT2D eigenvalue weighted by Gasteiger charge is 2.28. The molecule has 1 aliphatic rings. The number of hydrogen-bond acceptors (Lipinski definition) is 2. The molecule has 128 valence electrons. The van der Waals surface area contributed by atoms with Gasteiger partial charge < -0.3 is 15.4 Å². The number of piperidine rings is 1. The molecule has 1 heterocycles. The van der Waals surface area contributed by atoms with E-state index in [1.165, 1.54) is 12.1 Å². The number of nitrogens with zero attached hydrogens (tertiary/aromatic N) is 2. The first kappa shape index (κ1) is 17.4. The van der Waals surface area contributed by atoms with Crippen molar-refractivity contribution in [3.05, 3.63) is 29.8 Å². The molecule has 0 unspecified atom stereocenters. The summed E-state index contributed by atoms with van der Waals surface area (Å²) in [5.74, 6) is 1.44. The second kappa shape index (κ2) is 7.57. The molecule has 0 aliphatic carbocycles. The van der Waals surface area contributed by atoms with Crippen LogP contribution in [0, 0.1) is 5.92 Å². The number of hydrogen-bond donors (Lipinski definition) is 1. The molecule has 23 heavy (non-hydrogen) atoms. The van der Waals surface area contributed by atoms with Crippen molar-refractivity contribution in [1.82, 2.24) is 4.90 Å². The van der Waals surface area contributed by atoms with Crippen LogP contribution in [0.4, 0.5) is 13.2 Å². The highest BCUT2D eigenvalue weighted by atomic mass is 19.4. The van der Waals surface area contributed by atoms with Crippen molar-refractivity contribution in [1.29, 1.82) is 0 Å². The van der Waals surface area contributed by atoms with Crippen LogP contribution in [0.25, 0.3) is 0 Å². The lowest BCUT2D eigenvalue weighted by Gasteiger charge is -2.31. The molecule has 2 rings (SSSR count). The standard InChI is InChI=1S/C16H22F3N3O/c1-12-6-8-22(9-7-12)15(20)21-10-13-2-4-14(5-3-13)23-11-16(17,18)19/h2-5,12H,6-11H2,1H3,(H2,20,21). The Kier molecular flexibility index (Phi) is 5.74. The normalized spacial score (nSPS) is 17.4. The lowest BCUT2D eigenvalue weighted by atomic mass is 10.00. The topological polar surface area (TPSA) is 50.8 Å². The highest BCUT2D eigenvalue weighted by molar-refractivity contribution is 5.78. The maximum absolute atomic E-state index is 12.1. The van der Waals surface area contributed by atoms with Gasteiger partial charge in [0, 0.05) is 13.1 Å². The number of likely N-dealkylation sites (tertiary alicyclic amines) is 1. The molecular weight excluding hydrogens is 307 g/mol. The van der Waals surface area contributed by atoms with Gasteiger partial charge in [0.25, 0.3) is 0 Å². The summed E-state index contributed by atoms with van der Waals surface area (Å²) >= 11 is 0. The Morgan fingerprint density at radius 3 is 2.43 bits per heavy atom. The van der Waals surface area contributed by atoms with Crippen molar-refractivity contribution in [2.45, 2.75) is 32.5 Å². The van der Waals surface area contributed by atoms with Crippen molar-refractivity contribution in [3.63, 3.8) is 0 Å². The fourth-order valence-corrected chi connectivity index (χ4v) is 2.37. The molecule has 7 heteroatoms. The summed E-state index contributed by atoms with van der Waals surface area (Å²) in [6, 6.07) is 6.41. The van der Waals surface area contributed by atoms with Crippen molar-refractivity contribution >= 4 is 5.96 Å². The molecule has 0 spiro atoms. The first-order valence-electron chi connectivity index (χ1n) is 7.67. The molecule has 0 radical (unpaired) electrons. The minimum absolute atomic E-state index is 0.188. The molecule has 1 aliphatic heterocycles. The van der Waals surface area contributed by atoms with Crippen LogP contribution in [0.2, 0.25) is 0 Å². The molecule has 4 nitrogen and oxygen atoms in total. The smallest absolute Gasteiger partial charge is 0.422 e. The molecule has 1 aromatic carbocycles. The molecule has 1 fully saturated rings. The fraction of sp³-hybridized carbons (Fsp3) is 0.562. The second-order valence-corrected chi connectivity index (χ2v) is 5.89. The van der Waals surface area contributed by atoms with E-state index in [1.807, 2.05) is 0 Å². The van der Waals surface area contributed by atoms with Crippen LogP contribution in [0.3, 0.4) is 0 Å². The van der Waals surface area contributed by atoms with Gasteiger partial charge >= 0.3 is 6.18 Å². The van der Waals surface area contributed by atoms with Crippen LogP contribution in [-0.4, -0.2) is 36.7 Å². The molecule has 0 atom stereocenters. The van der Waals surface area contributed by atoms with Crippen molar-refractivity contribution in [2.24, 2.45) is 16.6 Å². The third-order valence-electron chi connectivity index (χ3n) is 3.86. The Bertz CT molecular complexity index is 520. The Hall–Kier alpha value is -1.92. The van der Waals surface area contributed by atoms with Gasteiger partial charge in [0.2, 0.25) is 0 Å². The van der Waals surface area contributed by atoms with Gasteiger partial charge in [-0.3, -0.25) is 0 Å². The first-order valence-corrected chi connectivity index (χ1v) is 7.67. The number of benzene rings is 1. The minimum Gasteiger partial charge on any atom is -0.484 e. The number of alkyl halides is 3. The van der Waals surface area contributed by atoms with E-state index in [-0.39, 0.29) is 5.75 Å². The largest absolute Gasteiger partial charge is 0.484 e. The van der Waals surface area contributed by atoms with Gasteiger partial charge in [0.05, 0.1) is 6.54 Å². The summed E-state index contributed by atoms with van der Waals surface area (Å²) in [4.78, 5) is 6.43. The number of aliphatic imine (C=N–C) groups is 1. The number of guanidine groups is 1. The summed E-state index contributed by atoms with van der Waals surface area (Å²) in [6.07, 6.45) is -2.10. The van der Waals surface area contributed by atoms with Gasteiger partial charge in [-0.05, 0) is 36.5 Å². The Labute approximate surface area is 134 Å². The predicted octanol–water partition coefficient (Wildman–Crippen LogP) is 3.17. The summed E-state index contributed by atoms with van der Waals surface area (Å²) < 4.78 is 40.9. The maximum Gasteiger partial charge on any atom is 0.422 e. The second-order valence-electron chi connectivity index (χ2n) is 5.89. The molecule has 0 amide bonds. The van der Waals surface area contributed by atoms with Crippen LogP contribution in [0.15, 0.2) is 29.3 Å². The van der Waals surface area contributed by atoms with Gasteiger partial charge in [0.1, 0.15) is 5.75 Å². The van der Waals surface area contributed by atoms with E-state index in [0.29, 0.717) is 12.5 Å². The molecule has 0 saturated carbocycles. The minimum atomic E-state index is -4.33. The SMILES string of the molecule is CC1CCN(C(N)=NCc2ccc(OCC(F)(F)F)cc2)CC1. The summed E-state index contributed by atoms with van der Waals surface area (Å²) in [6.45, 7) is 3.18. The molecule has 0 aromatic heterocycles. The van der Waals surface area contributed by atoms with Gasteiger partial charge in [-0.1, -0.05) is 19.1 Å². The van der Waals surface area contributed by atoms with E-state index >= 15 is 0 Å². The maximum atomic E-state index is 12.1. The zero-order chi connectivity index (χ0) is 16.9. The van der Waals surface area contributed by atoms with Gasteiger partial charge in [0.15, 0.2) is 12.6 Å². The van der Waals surface area contributed by atoms with E-state index in [0.717, 1.165) is 37.4 Å². The van der Waals surface area contributed by atoms with Crippen LogP contribution in [-0.2, 0) is 6.54 Å². The van der Waals surface area contributed by atoms with Crippen molar-refractivity contribution in [3.8, 4) is 5.75 Å². The predicted molar refractivity (Wildman–Crippen MR) is 83.3 cm³/mol. The van der Waals surface area contributed by atoms with E-state index < -0.39 is 12.8 Å². The number of rotatable bonds is 4. The molecule has 0 bridgehead atoms. The lowest BCUT2D eigenvalue weighted by molar-refractivity contribution is -0.153. The van der Waals surface area contributed by atoms with E-state index in [4.69, 9.17) is 5.73 Å². The van der Waals surface area contributed by atoms with Crippen molar-refractivity contribution in [2.75, 3.05) is 19.7 Å². The Morgan fingerprint density at radius 1 is 1.26 bits per heavy atom. The Balaban J connectivity index is 1.84. The summed E-state index contributed by atoms with van der Waals surface area (Å²) in [5, 5.41) is 0. The average molecular weight is 329 g/mol. The quantitative estimate of drug-likeness (QED) is 0.682. The highest BCUT2D eigenvalue weighted by Crippen LogP contribution is 2.19. The van der Waals surface area contributed by atoms with Crippen LogP contribution >= 0.6 is 0 Å². The van der Waals surface area contributed by atoms with Gasteiger partial charge in [-0.15, -0.1) is 0 Å². The number of ether oxygens (including phenoxy) is 1. The third-order valence-corrected chi connectivity index (χ3v) is 3.86. The zero-order valence-electron chi connectivity index (χ0n) is 13.1. The molecular formula is C16H22F3N3O. The molecule has 2 N–H and O–H groups in total. The fourth-order valence-electron chi connectivity index (χ4n) is 2.37. The lowest BCUT2D eigenvalue weighted by Crippen LogP contribution is -2.42. The van der Waals surface area contributed by atoms with Gasteiger partial charge in [-0.2, -0.15) is 13.2 Å². The number of halogens is 3. The zero-order valence-corrected chi connectivity index (χ0v) is 13.1. The molecule has 1 saturated heterocycles. The van der Waals surface area contributed by atoms with Crippen LogP contribution < -0.4 is 10.5 Å². The first-order chi connectivity index (χ1) is 10.8. The number of nitrogens with two attached hydrogens (primary N) is 1. The van der Waals surface area contributed by atoms with Gasteiger partial charge in [-0.25, -0.2) is 4.99 Å². The van der Waals surface area contributed by atoms with E-state index in [1.54, 1.807) is 12.1 Å². The summed E-state index contributed by atoms with van der Waals surface area (Å²) in [7, 11) is 0. The van der Waals surface area contributed by atoms with Crippen molar-refractivity contribution < 1.29 is 17.9 Å². The van der Waals surface area contributed by atoms with E-state index in [2.05, 4.69) is 21.6 Å². The molecule has 1 aromatic rings. The van der Waals surface area contributed by atoms with Crippen LogP contribution in [0.1, 0.15) is 25.3 Å². The summed E-state index contributed by atoms with van der Waals surface area (Å²) in [5.41, 5.74) is 6.87. The third kappa shape index (κ3) is 6.00. The van der Waals surface area contributed by atoms with E-state index in [9.17, 15) is 13.2 Å². The average Bonchev–Trinajstić information content (AvgIpc) is 2.51. The Morgan fingerprint density at radius 2 is 1.87 bits per heavy atom.